The summed E-state index contributed by atoms with van der Waals surface area (Å²) in [4.78, 5) is 29.3. The van der Waals surface area contributed by atoms with Gasteiger partial charge in [0.05, 0.1) is 23.0 Å². The molecule has 1 aliphatic heterocycles. The van der Waals surface area contributed by atoms with Crippen LogP contribution < -0.4 is 5.32 Å². The van der Waals surface area contributed by atoms with Crippen molar-refractivity contribution in [3.05, 3.63) is 35.8 Å². The van der Waals surface area contributed by atoms with E-state index in [9.17, 15) is 23.2 Å². The number of halogens is 3. The van der Waals surface area contributed by atoms with Crippen molar-refractivity contribution in [2.45, 2.75) is 38.8 Å². The van der Waals surface area contributed by atoms with Crippen LogP contribution in [0.2, 0.25) is 0 Å². The smallest absolute Gasteiger partial charge is 0.354 e. The summed E-state index contributed by atoms with van der Waals surface area (Å²) >= 11 is 0. The van der Waals surface area contributed by atoms with Gasteiger partial charge in [0.1, 0.15) is 11.7 Å². The second-order valence-corrected chi connectivity index (χ2v) is 8.34. The maximum absolute atomic E-state index is 13.2. The molecule has 3 aromatic rings. The Hall–Kier alpha value is -3.68. The monoisotopic (exact) mass is 471 g/mol. The molecule has 0 aromatic carbocycles. The minimum atomic E-state index is -4.54. The molecule has 3 aromatic heterocycles. The number of rotatable bonds is 6. The lowest BCUT2D eigenvalue weighted by molar-refractivity contribution is -0.137. The van der Waals surface area contributed by atoms with E-state index in [-0.39, 0.29) is 34.1 Å². The predicted molar refractivity (Wildman–Crippen MR) is 120 cm³/mol. The Kier molecular flexibility index (Phi) is 6.68. The number of hydrogen-bond donors (Lipinski definition) is 2. The van der Waals surface area contributed by atoms with Crippen molar-refractivity contribution in [1.82, 2.24) is 24.8 Å². The number of anilines is 1. The first kappa shape index (κ1) is 23.5. The molecule has 0 atom stereocenters. The summed E-state index contributed by atoms with van der Waals surface area (Å²) in [6, 6.07) is 3.00. The Labute approximate surface area is 194 Å². The molecule has 4 rings (SSSR count). The third kappa shape index (κ3) is 4.95. The quantitative estimate of drug-likeness (QED) is 0.553. The number of hydrogen-bond acceptors (Lipinski definition) is 6. The molecular formula is C23H24F3N7O. The van der Waals surface area contributed by atoms with Crippen molar-refractivity contribution >= 4 is 22.9 Å². The van der Waals surface area contributed by atoms with Crippen LogP contribution in [0.1, 0.15) is 43.7 Å². The van der Waals surface area contributed by atoms with Crippen molar-refractivity contribution in [2.75, 3.05) is 25.0 Å². The number of aromatic nitrogens is 4. The minimum absolute atomic E-state index is 0.145. The molecule has 11 heteroatoms. The van der Waals surface area contributed by atoms with Gasteiger partial charge < -0.3 is 15.2 Å². The van der Waals surface area contributed by atoms with Gasteiger partial charge in [-0.2, -0.15) is 18.4 Å². The normalized spacial score (nSPS) is 14.9. The largest absolute Gasteiger partial charge is 0.417 e. The number of fused-ring (bicyclic) bond motifs is 1. The molecule has 8 nitrogen and oxygen atoms in total. The highest BCUT2D eigenvalue weighted by Crippen LogP contribution is 2.34. The number of carbonyl (C=O) groups is 1. The van der Waals surface area contributed by atoms with Gasteiger partial charge in [-0.3, -0.25) is 4.79 Å². The number of piperidine rings is 1. The maximum Gasteiger partial charge on any atom is 0.417 e. The van der Waals surface area contributed by atoms with Gasteiger partial charge >= 0.3 is 6.18 Å². The van der Waals surface area contributed by atoms with E-state index in [1.165, 1.54) is 12.4 Å². The molecule has 34 heavy (non-hydrogen) atoms. The van der Waals surface area contributed by atoms with Gasteiger partial charge in [-0.1, -0.05) is 6.92 Å². The number of nitrogens with one attached hydrogen (secondary N) is 2. The van der Waals surface area contributed by atoms with Crippen LogP contribution in [0.15, 0.2) is 24.7 Å². The molecule has 0 saturated carbocycles. The first-order valence-corrected chi connectivity index (χ1v) is 11.1. The van der Waals surface area contributed by atoms with Gasteiger partial charge in [0.25, 0.3) is 0 Å². The Bertz CT molecular complexity index is 1220. The highest BCUT2D eigenvalue weighted by atomic mass is 19.4. The zero-order valence-corrected chi connectivity index (χ0v) is 18.6. The van der Waals surface area contributed by atoms with Crippen LogP contribution in [-0.4, -0.2) is 50.4 Å². The van der Waals surface area contributed by atoms with Crippen LogP contribution in [0, 0.1) is 17.2 Å². The topological polar surface area (TPSA) is 111 Å². The number of alkyl halides is 3. The summed E-state index contributed by atoms with van der Waals surface area (Å²) in [5.74, 6) is 0.809. The van der Waals surface area contributed by atoms with Crippen LogP contribution in [-0.2, 0) is 11.0 Å². The van der Waals surface area contributed by atoms with Gasteiger partial charge in [0.2, 0.25) is 11.9 Å². The first-order chi connectivity index (χ1) is 16.3. The third-order valence-electron chi connectivity index (χ3n) is 6.00. The lowest BCUT2D eigenvalue weighted by Crippen LogP contribution is -2.39. The minimum Gasteiger partial charge on any atom is -0.354 e. The summed E-state index contributed by atoms with van der Waals surface area (Å²) < 4.78 is 39.6. The Morgan fingerprint density at radius 2 is 2.06 bits per heavy atom. The van der Waals surface area contributed by atoms with Crippen LogP contribution in [0.4, 0.5) is 19.1 Å². The highest BCUT2D eigenvalue weighted by molar-refractivity contribution is 5.94. The van der Waals surface area contributed by atoms with E-state index in [2.05, 4.69) is 25.3 Å². The van der Waals surface area contributed by atoms with E-state index in [1.54, 1.807) is 0 Å². The maximum atomic E-state index is 13.2. The van der Waals surface area contributed by atoms with E-state index in [4.69, 9.17) is 0 Å². The molecule has 4 heterocycles. The average molecular weight is 471 g/mol. The second kappa shape index (κ2) is 9.67. The van der Waals surface area contributed by atoms with Gasteiger partial charge in [0, 0.05) is 49.4 Å². The van der Waals surface area contributed by atoms with E-state index >= 15 is 0 Å². The molecule has 1 amide bonds. The second-order valence-electron chi connectivity index (χ2n) is 8.34. The number of pyridine rings is 1. The Balaban J connectivity index is 1.51. The Morgan fingerprint density at radius 1 is 1.29 bits per heavy atom. The number of amides is 1. The molecule has 1 fully saturated rings. The van der Waals surface area contributed by atoms with Crippen molar-refractivity contribution in [1.29, 1.82) is 5.26 Å². The molecule has 0 unspecified atom stereocenters. The van der Waals surface area contributed by atoms with Crippen molar-refractivity contribution in [3.8, 4) is 17.3 Å². The molecule has 0 aliphatic carbocycles. The summed E-state index contributed by atoms with van der Waals surface area (Å²) in [6.07, 6.45) is 2.20. The fourth-order valence-corrected chi connectivity index (χ4v) is 4.10. The number of carbonyl (C=O) groups excluding carboxylic acids is 1. The lowest BCUT2D eigenvalue weighted by atomic mass is 9.96. The first-order valence-electron chi connectivity index (χ1n) is 11.1. The molecule has 2 N–H and O–H groups in total. The number of nitrogens with zero attached hydrogens (tertiary/aromatic N) is 5. The summed E-state index contributed by atoms with van der Waals surface area (Å²) in [6.45, 7) is 4.01. The van der Waals surface area contributed by atoms with Crippen molar-refractivity contribution in [2.24, 2.45) is 5.92 Å². The molecule has 0 bridgehead atoms. The summed E-state index contributed by atoms with van der Waals surface area (Å²) in [5, 5.41) is 12.9. The molecule has 1 saturated heterocycles. The van der Waals surface area contributed by atoms with Crippen LogP contribution in [0.25, 0.3) is 22.3 Å². The van der Waals surface area contributed by atoms with Gasteiger partial charge in [-0.25, -0.2) is 15.0 Å². The van der Waals surface area contributed by atoms with Gasteiger partial charge in [-0.05, 0) is 31.2 Å². The number of H-pyrrole nitrogens is 1. The van der Waals surface area contributed by atoms with Crippen molar-refractivity contribution < 1.29 is 18.0 Å². The molecular weight excluding hydrogens is 447 g/mol. The fraction of sp³-hybridized carbons (Fsp3) is 0.435. The predicted octanol–water partition coefficient (Wildman–Crippen LogP) is 4.36. The SMILES string of the molecule is CCCC(=O)N1CCC(CNc2ncc(C#N)c(-c3c[nH]c4ncc(C(F)(F)F)cc34)n2)CC1. The fourth-order valence-electron chi connectivity index (χ4n) is 4.10. The molecule has 0 spiro atoms. The number of nitriles is 1. The third-order valence-corrected chi connectivity index (χ3v) is 6.00. The van der Waals surface area contributed by atoms with Crippen LogP contribution in [0.3, 0.4) is 0 Å². The van der Waals surface area contributed by atoms with E-state index < -0.39 is 11.7 Å². The zero-order chi connectivity index (χ0) is 24.3. The van der Waals surface area contributed by atoms with Crippen molar-refractivity contribution in [3.63, 3.8) is 0 Å². The standard InChI is InChI=1S/C23H24F3N7O/c1-2-3-19(34)33-6-4-14(5-7-33)10-30-22-31-11-15(9-27)20(32-22)18-13-29-21-17(18)8-16(12-28-21)23(24,25)26/h8,11-14H,2-7,10H2,1H3,(H,28,29)(H,30,31,32). The zero-order valence-electron chi connectivity index (χ0n) is 18.6. The number of aromatic amines is 1. The average Bonchev–Trinajstić information content (AvgIpc) is 3.26. The Morgan fingerprint density at radius 3 is 2.74 bits per heavy atom. The van der Waals surface area contributed by atoms with E-state index in [0.29, 0.717) is 37.5 Å². The summed E-state index contributed by atoms with van der Waals surface area (Å²) in [7, 11) is 0. The molecule has 178 valence electrons. The number of likely N-dealkylation sites (tertiary alicyclic amines) is 1. The van der Waals surface area contributed by atoms with Crippen LogP contribution >= 0.6 is 0 Å². The molecule has 0 radical (unpaired) electrons. The van der Waals surface area contributed by atoms with E-state index in [1.807, 2.05) is 17.9 Å². The summed E-state index contributed by atoms with van der Waals surface area (Å²) in [5.41, 5.74) is 0.109. The highest BCUT2D eigenvalue weighted by Gasteiger charge is 2.32. The lowest BCUT2D eigenvalue weighted by Gasteiger charge is -2.32. The van der Waals surface area contributed by atoms with E-state index in [0.717, 1.165) is 31.5 Å². The van der Waals surface area contributed by atoms with Crippen LogP contribution in [0.5, 0.6) is 0 Å². The molecule has 1 aliphatic rings. The van der Waals surface area contributed by atoms with Gasteiger partial charge in [0.15, 0.2) is 0 Å². The van der Waals surface area contributed by atoms with Gasteiger partial charge in [-0.15, -0.1) is 0 Å².